The fourth-order valence-electron chi connectivity index (χ4n) is 2.55. The van der Waals surface area contributed by atoms with Crippen LogP contribution >= 0.6 is 45.5 Å². The van der Waals surface area contributed by atoms with Crippen molar-refractivity contribution in [2.45, 2.75) is 31.6 Å². The van der Waals surface area contributed by atoms with E-state index >= 15 is 0 Å². The Labute approximate surface area is 140 Å². The second-order valence-corrected chi connectivity index (χ2v) is 7.54. The predicted molar refractivity (Wildman–Crippen MR) is 91.6 cm³/mol. The highest BCUT2D eigenvalue weighted by atomic mass is 127. The zero-order chi connectivity index (χ0) is 14.1. The van der Waals surface area contributed by atoms with Crippen molar-refractivity contribution in [3.63, 3.8) is 0 Å². The fraction of sp³-hybridized carbons (Fsp3) is 0.462. The van der Waals surface area contributed by atoms with Crippen LogP contribution < -0.4 is 5.32 Å². The van der Waals surface area contributed by atoms with Gasteiger partial charge in [0.1, 0.15) is 10.2 Å². The quantitative estimate of drug-likeness (QED) is 0.740. The second kappa shape index (κ2) is 6.11. The summed E-state index contributed by atoms with van der Waals surface area (Å²) in [6.07, 6.45) is 6.66. The van der Waals surface area contributed by atoms with Gasteiger partial charge in [-0.1, -0.05) is 35.8 Å². The van der Waals surface area contributed by atoms with Gasteiger partial charge in [-0.3, -0.25) is 0 Å². The molecule has 1 aliphatic carbocycles. The summed E-state index contributed by atoms with van der Waals surface area (Å²) in [7, 11) is 1.89. The highest BCUT2D eigenvalue weighted by Gasteiger charge is 2.24. The summed E-state index contributed by atoms with van der Waals surface area (Å²) in [6.45, 7) is 0. The Morgan fingerprint density at radius 3 is 2.70 bits per heavy atom. The SMILES string of the molecule is CNc1nc(-c2ncc(Cl)s2)nc(C2CCCC2)c1I. The molecule has 20 heavy (non-hydrogen) atoms. The maximum atomic E-state index is 5.97. The molecule has 7 heteroatoms. The molecule has 3 rings (SSSR count). The third-order valence-electron chi connectivity index (χ3n) is 3.52. The zero-order valence-corrected chi connectivity index (χ0v) is 14.7. The topological polar surface area (TPSA) is 50.7 Å². The molecule has 106 valence electrons. The number of hydrogen-bond donors (Lipinski definition) is 1. The third kappa shape index (κ3) is 2.78. The Balaban J connectivity index is 2.09. The number of aromatic nitrogens is 3. The van der Waals surface area contributed by atoms with Crippen molar-refractivity contribution < 1.29 is 0 Å². The molecule has 4 nitrogen and oxygen atoms in total. The standard InChI is InChI=1S/C13H14ClIN4S/c1-16-11-9(15)10(7-4-2-3-5-7)18-12(19-11)13-17-6-8(14)20-13/h6-7H,2-5H2,1H3,(H,16,18,19). The van der Waals surface area contributed by atoms with Gasteiger partial charge < -0.3 is 5.32 Å². The molecule has 2 aromatic rings. The minimum Gasteiger partial charge on any atom is -0.372 e. The van der Waals surface area contributed by atoms with Crippen LogP contribution in [0.15, 0.2) is 6.20 Å². The van der Waals surface area contributed by atoms with Gasteiger partial charge in [0.2, 0.25) is 0 Å². The van der Waals surface area contributed by atoms with Gasteiger partial charge in [-0.15, -0.1) is 0 Å². The summed E-state index contributed by atoms with van der Waals surface area (Å²) in [6, 6.07) is 0. The van der Waals surface area contributed by atoms with Gasteiger partial charge in [0.25, 0.3) is 0 Å². The molecule has 0 atom stereocenters. The number of thiazole rings is 1. The molecule has 1 saturated carbocycles. The number of halogens is 2. The maximum absolute atomic E-state index is 5.97. The van der Waals surface area contributed by atoms with Gasteiger partial charge in [-0.2, -0.15) is 0 Å². The minimum absolute atomic E-state index is 0.547. The molecule has 0 spiro atoms. The molecular formula is C13H14ClIN4S. The monoisotopic (exact) mass is 420 g/mol. The molecule has 2 aromatic heterocycles. The summed E-state index contributed by atoms with van der Waals surface area (Å²) >= 11 is 9.72. The van der Waals surface area contributed by atoms with Crippen molar-refractivity contribution in [2.24, 2.45) is 0 Å². The lowest BCUT2D eigenvalue weighted by molar-refractivity contribution is 0.691. The van der Waals surface area contributed by atoms with Crippen molar-refractivity contribution in [2.75, 3.05) is 12.4 Å². The summed E-state index contributed by atoms with van der Waals surface area (Å²) in [5.41, 5.74) is 1.16. The van der Waals surface area contributed by atoms with Gasteiger partial charge >= 0.3 is 0 Å². The highest BCUT2D eigenvalue weighted by Crippen LogP contribution is 2.38. The van der Waals surface area contributed by atoms with Crippen LogP contribution in [0, 0.1) is 3.57 Å². The summed E-state index contributed by atoms with van der Waals surface area (Å²) in [5.74, 6) is 2.10. The Morgan fingerprint density at radius 2 is 2.10 bits per heavy atom. The average molecular weight is 421 g/mol. The molecule has 0 radical (unpaired) electrons. The predicted octanol–water partition coefficient (Wildman–Crippen LogP) is 4.56. The highest BCUT2D eigenvalue weighted by molar-refractivity contribution is 14.1. The van der Waals surface area contributed by atoms with Gasteiger partial charge in [0.15, 0.2) is 10.8 Å². The molecule has 1 aliphatic rings. The van der Waals surface area contributed by atoms with Gasteiger partial charge in [-0.25, -0.2) is 15.0 Å². The molecule has 0 aromatic carbocycles. The third-order valence-corrected chi connectivity index (χ3v) is 5.70. The summed E-state index contributed by atoms with van der Waals surface area (Å²) in [4.78, 5) is 13.6. The normalized spacial score (nSPS) is 15.8. The van der Waals surface area contributed by atoms with Gasteiger partial charge in [-0.05, 0) is 35.4 Å². The molecule has 0 unspecified atom stereocenters. The summed E-state index contributed by atoms with van der Waals surface area (Å²) < 4.78 is 1.79. The number of nitrogens with one attached hydrogen (secondary N) is 1. The lowest BCUT2D eigenvalue weighted by atomic mass is 10.0. The Hall–Kier alpha value is -0.470. The minimum atomic E-state index is 0.547. The molecule has 1 fully saturated rings. The molecular weight excluding hydrogens is 407 g/mol. The molecule has 0 amide bonds. The van der Waals surface area contributed by atoms with Crippen LogP contribution in [0.3, 0.4) is 0 Å². The van der Waals surface area contributed by atoms with Crippen molar-refractivity contribution >= 4 is 51.3 Å². The molecule has 0 aliphatic heterocycles. The molecule has 0 saturated heterocycles. The van der Waals surface area contributed by atoms with E-state index in [1.54, 1.807) is 6.20 Å². The second-order valence-electron chi connectivity index (χ2n) is 4.80. The first-order valence-electron chi connectivity index (χ1n) is 6.56. The molecule has 0 bridgehead atoms. The van der Waals surface area contributed by atoms with E-state index in [0.29, 0.717) is 16.1 Å². The fourth-order valence-corrected chi connectivity index (χ4v) is 4.35. The number of hydrogen-bond acceptors (Lipinski definition) is 5. The van der Waals surface area contributed by atoms with Crippen molar-refractivity contribution in [3.8, 4) is 10.8 Å². The van der Waals surface area contributed by atoms with Crippen LogP contribution in [0.4, 0.5) is 5.82 Å². The van der Waals surface area contributed by atoms with E-state index < -0.39 is 0 Å². The number of nitrogens with zero attached hydrogens (tertiary/aromatic N) is 3. The van der Waals surface area contributed by atoms with Crippen LogP contribution in [-0.4, -0.2) is 22.0 Å². The smallest absolute Gasteiger partial charge is 0.191 e. The first-order chi connectivity index (χ1) is 9.69. The Bertz CT molecular complexity index is 625. The Kier molecular flexibility index (Phi) is 4.42. The van der Waals surface area contributed by atoms with Gasteiger partial charge in [0.05, 0.1) is 15.5 Å². The lowest BCUT2D eigenvalue weighted by Crippen LogP contribution is -2.08. The number of rotatable bonds is 3. The molecule has 1 N–H and O–H groups in total. The van der Waals surface area contributed by atoms with Crippen LogP contribution in [0.1, 0.15) is 37.3 Å². The van der Waals surface area contributed by atoms with E-state index in [9.17, 15) is 0 Å². The van der Waals surface area contributed by atoms with Crippen LogP contribution in [0.5, 0.6) is 0 Å². The molecule has 2 heterocycles. The van der Waals surface area contributed by atoms with E-state index in [2.05, 4.69) is 37.9 Å². The van der Waals surface area contributed by atoms with E-state index in [-0.39, 0.29) is 0 Å². The first-order valence-corrected chi connectivity index (χ1v) is 8.83. The number of anilines is 1. The van der Waals surface area contributed by atoms with Crippen LogP contribution in [-0.2, 0) is 0 Å². The van der Waals surface area contributed by atoms with E-state index in [4.69, 9.17) is 16.6 Å². The maximum Gasteiger partial charge on any atom is 0.191 e. The van der Waals surface area contributed by atoms with Crippen molar-refractivity contribution in [3.05, 3.63) is 19.8 Å². The first kappa shape index (κ1) is 14.5. The van der Waals surface area contributed by atoms with E-state index in [1.807, 2.05) is 7.05 Å². The van der Waals surface area contributed by atoms with Crippen molar-refractivity contribution in [1.29, 1.82) is 0 Å². The van der Waals surface area contributed by atoms with Crippen LogP contribution in [0.25, 0.3) is 10.8 Å². The van der Waals surface area contributed by atoms with E-state index in [1.165, 1.54) is 37.0 Å². The largest absolute Gasteiger partial charge is 0.372 e. The zero-order valence-electron chi connectivity index (χ0n) is 11.0. The van der Waals surface area contributed by atoms with Crippen LogP contribution in [0.2, 0.25) is 4.34 Å². The summed E-state index contributed by atoms with van der Waals surface area (Å²) in [5, 5.41) is 3.94. The average Bonchev–Trinajstić information content (AvgIpc) is 3.10. The lowest BCUT2D eigenvalue weighted by Gasteiger charge is -2.14. The van der Waals surface area contributed by atoms with Gasteiger partial charge in [0, 0.05) is 13.0 Å². The van der Waals surface area contributed by atoms with E-state index in [0.717, 1.165) is 20.1 Å². The van der Waals surface area contributed by atoms with Crippen molar-refractivity contribution in [1.82, 2.24) is 15.0 Å². The Morgan fingerprint density at radius 1 is 1.35 bits per heavy atom.